The zero-order chi connectivity index (χ0) is 21.7. The van der Waals surface area contributed by atoms with Gasteiger partial charge in [-0.15, -0.1) is 0 Å². The molecule has 1 aromatic heterocycles. The molecule has 154 valence electrons. The average molecular weight is 497 g/mol. The lowest BCUT2D eigenvalue weighted by Gasteiger charge is -2.15. The van der Waals surface area contributed by atoms with Crippen molar-refractivity contribution in [1.29, 1.82) is 0 Å². The lowest BCUT2D eigenvalue weighted by atomic mass is 9.87. The summed E-state index contributed by atoms with van der Waals surface area (Å²) in [6, 6.07) is 38.5. The van der Waals surface area contributed by atoms with E-state index < -0.39 is 0 Å². The number of nitrogens with zero attached hydrogens (tertiary/aromatic N) is 1. The number of fused-ring (bicyclic) bond motifs is 3. The van der Waals surface area contributed by atoms with Crippen LogP contribution in [-0.2, 0) is 0 Å². The first-order chi connectivity index (χ1) is 15.7. The maximum absolute atomic E-state index is 6.50. The fourth-order valence-corrected chi connectivity index (χ4v) is 5.29. The predicted molar refractivity (Wildman–Crippen MR) is 137 cm³/mol. The van der Waals surface area contributed by atoms with Crippen molar-refractivity contribution in [2.75, 3.05) is 0 Å². The molecule has 6 rings (SSSR count). The largest absolute Gasteiger partial charge is 0.312 e. The van der Waals surface area contributed by atoms with Crippen LogP contribution in [0.15, 0.2) is 114 Å². The van der Waals surface area contributed by atoms with Crippen molar-refractivity contribution in [3.63, 3.8) is 0 Å². The van der Waals surface area contributed by atoms with Crippen molar-refractivity contribution in [3.8, 4) is 28.1 Å². The molecule has 0 spiro atoms. The van der Waals surface area contributed by atoms with Gasteiger partial charge in [0, 0.05) is 20.8 Å². The molecule has 3 heteroatoms. The van der Waals surface area contributed by atoms with Gasteiger partial charge in [0.2, 0.25) is 0 Å². The van der Waals surface area contributed by atoms with Gasteiger partial charge >= 0.3 is 0 Å². The molecular formula is C29H19BrClN. The van der Waals surface area contributed by atoms with Crippen molar-refractivity contribution in [2.24, 2.45) is 0 Å². The van der Waals surface area contributed by atoms with Crippen molar-refractivity contribution in [2.45, 2.75) is 5.92 Å². The molecule has 0 radical (unpaired) electrons. The Morgan fingerprint density at radius 3 is 2.09 bits per heavy atom. The molecule has 0 N–H and O–H groups in total. The Bertz CT molecular complexity index is 1420. The Balaban J connectivity index is 1.71. The van der Waals surface area contributed by atoms with Crippen molar-refractivity contribution < 1.29 is 0 Å². The molecule has 4 aromatic carbocycles. The second kappa shape index (κ2) is 7.81. The smallest absolute Gasteiger partial charge is 0.0538 e. The zero-order valence-electron chi connectivity index (χ0n) is 17.2. The fraction of sp³-hybridized carbons (Fsp3) is 0.0345. The third-order valence-electron chi connectivity index (χ3n) is 6.21. The van der Waals surface area contributed by atoms with Crippen molar-refractivity contribution in [1.82, 2.24) is 4.57 Å². The average Bonchev–Trinajstić information content (AvgIpc) is 3.36. The molecule has 1 aliphatic heterocycles. The summed E-state index contributed by atoms with van der Waals surface area (Å²) in [5.74, 6) is 0.112. The quantitative estimate of drug-likeness (QED) is 0.231. The molecule has 32 heavy (non-hydrogen) atoms. The molecule has 1 unspecified atom stereocenters. The van der Waals surface area contributed by atoms with Crippen molar-refractivity contribution in [3.05, 3.63) is 136 Å². The zero-order valence-corrected chi connectivity index (χ0v) is 19.5. The minimum Gasteiger partial charge on any atom is -0.312 e. The van der Waals surface area contributed by atoms with E-state index >= 15 is 0 Å². The van der Waals surface area contributed by atoms with E-state index in [9.17, 15) is 0 Å². The van der Waals surface area contributed by atoms with Gasteiger partial charge in [-0.1, -0.05) is 100 Å². The lowest BCUT2D eigenvalue weighted by Crippen LogP contribution is -2.01. The van der Waals surface area contributed by atoms with E-state index in [4.69, 9.17) is 11.6 Å². The molecule has 1 atom stereocenters. The minimum atomic E-state index is 0.112. The number of rotatable bonds is 3. The lowest BCUT2D eigenvalue weighted by molar-refractivity contribution is 0.959. The summed E-state index contributed by atoms with van der Waals surface area (Å²) in [6.07, 6.45) is 0. The summed E-state index contributed by atoms with van der Waals surface area (Å²) in [7, 11) is 0. The van der Waals surface area contributed by atoms with Gasteiger partial charge in [-0.3, -0.25) is 0 Å². The number of halogens is 2. The van der Waals surface area contributed by atoms with Crippen LogP contribution < -0.4 is 0 Å². The Hall–Kier alpha value is -3.07. The molecule has 2 heterocycles. The van der Waals surface area contributed by atoms with E-state index in [2.05, 4.69) is 124 Å². The first kappa shape index (κ1) is 19.6. The summed E-state index contributed by atoms with van der Waals surface area (Å²) < 4.78 is 3.51. The number of hydrogen-bond donors (Lipinski definition) is 0. The SMILES string of the molecule is Clc1ccc2c(c1)C(c1ccccc1)c1c(-c3ccc(Br)cc3)cc(-c3ccccc3)n1-2. The molecule has 0 amide bonds. The first-order valence-corrected chi connectivity index (χ1v) is 11.8. The van der Waals surface area contributed by atoms with Crippen LogP contribution in [0.3, 0.4) is 0 Å². The van der Waals surface area contributed by atoms with Gasteiger partial charge in [-0.05, 0) is 58.7 Å². The molecule has 5 aromatic rings. The Labute approximate surface area is 201 Å². The van der Waals surface area contributed by atoms with Gasteiger partial charge in [0.1, 0.15) is 0 Å². The summed E-state index contributed by atoms with van der Waals surface area (Å²) >= 11 is 10.1. The summed E-state index contributed by atoms with van der Waals surface area (Å²) in [5.41, 5.74) is 9.85. The highest BCUT2D eigenvalue weighted by Crippen LogP contribution is 2.50. The second-order valence-electron chi connectivity index (χ2n) is 8.08. The minimum absolute atomic E-state index is 0.112. The molecular weight excluding hydrogens is 478 g/mol. The monoisotopic (exact) mass is 495 g/mol. The third-order valence-corrected chi connectivity index (χ3v) is 6.98. The van der Waals surface area contributed by atoms with Crippen LogP contribution in [0.25, 0.3) is 28.1 Å². The molecule has 0 bridgehead atoms. The van der Waals surface area contributed by atoms with Gasteiger partial charge in [0.05, 0.1) is 17.3 Å². The highest BCUT2D eigenvalue weighted by atomic mass is 79.9. The van der Waals surface area contributed by atoms with Crippen LogP contribution >= 0.6 is 27.5 Å². The summed E-state index contributed by atoms with van der Waals surface area (Å²) in [6.45, 7) is 0. The Morgan fingerprint density at radius 2 is 1.38 bits per heavy atom. The third kappa shape index (κ3) is 3.14. The number of benzene rings is 4. The van der Waals surface area contributed by atoms with E-state index in [0.717, 1.165) is 9.50 Å². The molecule has 1 aliphatic rings. The first-order valence-electron chi connectivity index (χ1n) is 10.6. The topological polar surface area (TPSA) is 4.93 Å². The van der Waals surface area contributed by atoms with Gasteiger partial charge in [0.25, 0.3) is 0 Å². The van der Waals surface area contributed by atoms with Gasteiger partial charge in [-0.2, -0.15) is 0 Å². The van der Waals surface area contributed by atoms with Gasteiger partial charge in [0.15, 0.2) is 0 Å². The van der Waals surface area contributed by atoms with E-state index in [1.165, 1.54) is 44.9 Å². The molecule has 0 fully saturated rings. The molecule has 0 saturated carbocycles. The summed E-state index contributed by atoms with van der Waals surface area (Å²) in [5, 5.41) is 0.766. The standard InChI is InChI=1S/C29H19BrClN/c30-22-13-11-19(12-14-22)24-18-27(20-7-3-1-4-8-20)32-26-16-15-23(31)17-25(26)28(29(24)32)21-9-5-2-6-10-21/h1-18,28H. The Kier molecular flexibility index (Phi) is 4.78. The van der Waals surface area contributed by atoms with Crippen LogP contribution in [0, 0.1) is 0 Å². The molecule has 0 saturated heterocycles. The maximum Gasteiger partial charge on any atom is 0.0538 e. The van der Waals surface area contributed by atoms with E-state index in [0.29, 0.717) is 0 Å². The van der Waals surface area contributed by atoms with Crippen LogP contribution in [0.4, 0.5) is 0 Å². The van der Waals surface area contributed by atoms with Gasteiger partial charge in [-0.25, -0.2) is 0 Å². The normalized spacial score (nSPS) is 14.2. The van der Waals surface area contributed by atoms with E-state index in [-0.39, 0.29) is 5.92 Å². The predicted octanol–water partition coefficient (Wildman–Crippen LogP) is 8.72. The fourth-order valence-electron chi connectivity index (χ4n) is 4.84. The van der Waals surface area contributed by atoms with Crippen LogP contribution in [0.2, 0.25) is 5.02 Å². The molecule has 0 aliphatic carbocycles. The highest BCUT2D eigenvalue weighted by Gasteiger charge is 2.35. The highest BCUT2D eigenvalue weighted by molar-refractivity contribution is 9.10. The summed E-state index contributed by atoms with van der Waals surface area (Å²) in [4.78, 5) is 0. The van der Waals surface area contributed by atoms with E-state index in [1.54, 1.807) is 0 Å². The van der Waals surface area contributed by atoms with Crippen LogP contribution in [0.1, 0.15) is 22.7 Å². The second-order valence-corrected chi connectivity index (χ2v) is 9.44. The number of aromatic nitrogens is 1. The van der Waals surface area contributed by atoms with Gasteiger partial charge < -0.3 is 4.57 Å². The molecule has 1 nitrogen and oxygen atoms in total. The maximum atomic E-state index is 6.50. The Morgan fingerprint density at radius 1 is 0.688 bits per heavy atom. The van der Waals surface area contributed by atoms with Crippen molar-refractivity contribution >= 4 is 27.5 Å². The van der Waals surface area contributed by atoms with Crippen LogP contribution in [0.5, 0.6) is 0 Å². The number of hydrogen-bond acceptors (Lipinski definition) is 0. The van der Waals surface area contributed by atoms with Crippen LogP contribution in [-0.4, -0.2) is 4.57 Å². The van der Waals surface area contributed by atoms with E-state index in [1.807, 2.05) is 6.07 Å².